The summed E-state index contributed by atoms with van der Waals surface area (Å²) in [6.07, 6.45) is 0. The van der Waals surface area contributed by atoms with Gasteiger partial charge in [0.25, 0.3) is 0 Å². The van der Waals surface area contributed by atoms with E-state index in [1.54, 1.807) is 0 Å². The van der Waals surface area contributed by atoms with E-state index in [4.69, 9.17) is 0 Å². The molecular weight excluding hydrogens is 216 g/mol. The van der Waals surface area contributed by atoms with Crippen molar-refractivity contribution in [1.82, 2.24) is 4.98 Å². The van der Waals surface area contributed by atoms with E-state index in [2.05, 4.69) is 39.7 Å². The first-order valence-electron chi connectivity index (χ1n) is 4.15. The minimum Gasteiger partial charge on any atom is -0.357 e. The number of aromatic nitrogens is 1. The third kappa shape index (κ3) is 2.21. The zero-order valence-electron chi connectivity index (χ0n) is 7.42. The number of hydrogen-bond acceptors (Lipinski definition) is 2. The summed E-state index contributed by atoms with van der Waals surface area (Å²) in [5, 5.41) is 0. The lowest BCUT2D eigenvalue weighted by molar-refractivity contribution is 0.844. The van der Waals surface area contributed by atoms with E-state index in [1.807, 2.05) is 18.2 Å². The maximum atomic E-state index is 4.36. The second-order valence-corrected chi connectivity index (χ2v) is 3.30. The molecule has 0 unspecified atom stereocenters. The second-order valence-electron chi connectivity index (χ2n) is 2.49. The van der Waals surface area contributed by atoms with Gasteiger partial charge >= 0.3 is 0 Å². The molecule has 0 radical (unpaired) electrons. The summed E-state index contributed by atoms with van der Waals surface area (Å²) in [7, 11) is 0. The lowest BCUT2D eigenvalue weighted by atomic mass is 10.4. The van der Waals surface area contributed by atoms with Crippen LogP contribution in [0.2, 0.25) is 0 Å². The highest BCUT2D eigenvalue weighted by Gasteiger charge is 2.01. The Bertz CT molecular complexity index is 246. The monoisotopic (exact) mass is 228 g/mol. The first-order chi connectivity index (χ1) is 5.77. The molecule has 66 valence electrons. The van der Waals surface area contributed by atoms with E-state index in [0.29, 0.717) is 0 Å². The maximum absolute atomic E-state index is 4.36. The summed E-state index contributed by atoms with van der Waals surface area (Å²) in [5.74, 6) is 1.04. The van der Waals surface area contributed by atoms with Crippen molar-refractivity contribution in [3.8, 4) is 0 Å². The second kappa shape index (κ2) is 4.45. The molecule has 0 aromatic carbocycles. The van der Waals surface area contributed by atoms with Gasteiger partial charge in [0.15, 0.2) is 0 Å². The lowest BCUT2D eigenvalue weighted by Crippen LogP contribution is -2.22. The number of halogens is 1. The molecule has 0 bridgehead atoms. The van der Waals surface area contributed by atoms with Gasteiger partial charge < -0.3 is 4.90 Å². The largest absolute Gasteiger partial charge is 0.357 e. The van der Waals surface area contributed by atoms with E-state index >= 15 is 0 Å². The molecule has 1 aromatic heterocycles. The molecule has 0 fully saturated rings. The van der Waals surface area contributed by atoms with Gasteiger partial charge in [0.05, 0.1) is 0 Å². The van der Waals surface area contributed by atoms with Crippen LogP contribution in [-0.4, -0.2) is 18.1 Å². The summed E-state index contributed by atoms with van der Waals surface area (Å²) in [6.45, 7) is 6.26. The zero-order chi connectivity index (χ0) is 8.97. The average Bonchev–Trinajstić information content (AvgIpc) is 2.07. The summed E-state index contributed by atoms with van der Waals surface area (Å²) in [5.41, 5.74) is 0. The predicted molar refractivity (Wildman–Crippen MR) is 55.5 cm³/mol. The van der Waals surface area contributed by atoms with Crippen LogP contribution in [0.25, 0.3) is 0 Å². The van der Waals surface area contributed by atoms with Crippen molar-refractivity contribution in [2.75, 3.05) is 18.0 Å². The van der Waals surface area contributed by atoms with Gasteiger partial charge in [-0.1, -0.05) is 6.07 Å². The Morgan fingerprint density at radius 2 is 2.00 bits per heavy atom. The third-order valence-electron chi connectivity index (χ3n) is 1.79. The van der Waals surface area contributed by atoms with Gasteiger partial charge in [-0.3, -0.25) is 0 Å². The van der Waals surface area contributed by atoms with Gasteiger partial charge in [0, 0.05) is 13.1 Å². The van der Waals surface area contributed by atoms with Crippen molar-refractivity contribution in [3.05, 3.63) is 22.8 Å². The zero-order valence-corrected chi connectivity index (χ0v) is 9.00. The van der Waals surface area contributed by atoms with E-state index in [0.717, 1.165) is 23.5 Å². The summed E-state index contributed by atoms with van der Waals surface area (Å²) in [4.78, 5) is 6.57. The van der Waals surface area contributed by atoms with Crippen LogP contribution in [-0.2, 0) is 0 Å². The Hall–Kier alpha value is -0.570. The number of hydrogen-bond donors (Lipinski definition) is 0. The molecule has 0 atom stereocenters. The smallest absolute Gasteiger partial charge is 0.129 e. The fraction of sp³-hybridized carbons (Fsp3) is 0.444. The molecule has 12 heavy (non-hydrogen) atoms. The number of pyridine rings is 1. The summed E-state index contributed by atoms with van der Waals surface area (Å²) < 4.78 is 0.895. The average molecular weight is 229 g/mol. The van der Waals surface area contributed by atoms with Gasteiger partial charge in [-0.25, -0.2) is 4.98 Å². The van der Waals surface area contributed by atoms with Crippen LogP contribution >= 0.6 is 15.9 Å². The molecule has 0 N–H and O–H groups in total. The van der Waals surface area contributed by atoms with Crippen molar-refractivity contribution in [1.29, 1.82) is 0 Å². The molecule has 1 rings (SSSR count). The Kier molecular flexibility index (Phi) is 3.53. The molecule has 0 aliphatic heterocycles. The fourth-order valence-corrected chi connectivity index (χ4v) is 1.46. The van der Waals surface area contributed by atoms with Gasteiger partial charge in [0.2, 0.25) is 0 Å². The molecule has 0 aliphatic carbocycles. The van der Waals surface area contributed by atoms with Crippen molar-refractivity contribution in [2.45, 2.75) is 13.8 Å². The minimum atomic E-state index is 0.895. The van der Waals surface area contributed by atoms with Crippen molar-refractivity contribution in [3.63, 3.8) is 0 Å². The summed E-state index contributed by atoms with van der Waals surface area (Å²) >= 11 is 3.35. The SMILES string of the molecule is CCN(CC)c1cccc(Br)n1. The van der Waals surface area contributed by atoms with Crippen LogP contribution in [0, 0.1) is 0 Å². The quantitative estimate of drug-likeness (QED) is 0.741. The molecule has 0 saturated heterocycles. The topological polar surface area (TPSA) is 16.1 Å². The highest BCUT2D eigenvalue weighted by atomic mass is 79.9. The van der Waals surface area contributed by atoms with Crippen LogP contribution in [0.3, 0.4) is 0 Å². The first-order valence-corrected chi connectivity index (χ1v) is 4.94. The standard InChI is InChI=1S/C9H13BrN2/c1-3-12(4-2)9-7-5-6-8(10)11-9/h5-7H,3-4H2,1-2H3. The van der Waals surface area contributed by atoms with Crippen LogP contribution in [0.4, 0.5) is 5.82 Å². The van der Waals surface area contributed by atoms with Gasteiger partial charge in [-0.05, 0) is 41.9 Å². The molecule has 1 heterocycles. The van der Waals surface area contributed by atoms with Crippen molar-refractivity contribution >= 4 is 21.7 Å². The molecule has 3 heteroatoms. The molecule has 2 nitrogen and oxygen atoms in total. The lowest BCUT2D eigenvalue weighted by Gasteiger charge is -2.19. The molecule has 0 saturated carbocycles. The Morgan fingerprint density at radius 1 is 1.33 bits per heavy atom. The molecule has 0 spiro atoms. The van der Waals surface area contributed by atoms with Crippen LogP contribution in [0.15, 0.2) is 22.8 Å². The van der Waals surface area contributed by atoms with Gasteiger partial charge in [0.1, 0.15) is 10.4 Å². The first kappa shape index (κ1) is 9.52. The van der Waals surface area contributed by atoms with E-state index in [1.165, 1.54) is 0 Å². The summed E-state index contributed by atoms with van der Waals surface area (Å²) in [6, 6.07) is 5.97. The van der Waals surface area contributed by atoms with E-state index in [9.17, 15) is 0 Å². The Morgan fingerprint density at radius 3 is 2.50 bits per heavy atom. The number of anilines is 1. The Labute approximate surface area is 81.7 Å². The maximum Gasteiger partial charge on any atom is 0.129 e. The minimum absolute atomic E-state index is 0.895. The van der Waals surface area contributed by atoms with Crippen LogP contribution < -0.4 is 4.90 Å². The van der Waals surface area contributed by atoms with Crippen molar-refractivity contribution in [2.24, 2.45) is 0 Å². The fourth-order valence-electron chi connectivity index (χ4n) is 1.12. The molecular formula is C9H13BrN2. The Balaban J connectivity index is 2.85. The van der Waals surface area contributed by atoms with Crippen LogP contribution in [0.5, 0.6) is 0 Å². The number of nitrogens with zero attached hydrogens (tertiary/aromatic N) is 2. The van der Waals surface area contributed by atoms with Crippen molar-refractivity contribution < 1.29 is 0 Å². The number of rotatable bonds is 3. The van der Waals surface area contributed by atoms with E-state index in [-0.39, 0.29) is 0 Å². The van der Waals surface area contributed by atoms with Gasteiger partial charge in [-0.2, -0.15) is 0 Å². The highest BCUT2D eigenvalue weighted by molar-refractivity contribution is 9.10. The molecule has 0 amide bonds. The highest BCUT2D eigenvalue weighted by Crippen LogP contribution is 2.13. The molecule has 1 aromatic rings. The molecule has 0 aliphatic rings. The van der Waals surface area contributed by atoms with Crippen LogP contribution in [0.1, 0.15) is 13.8 Å². The third-order valence-corrected chi connectivity index (χ3v) is 2.23. The van der Waals surface area contributed by atoms with Gasteiger partial charge in [-0.15, -0.1) is 0 Å². The normalized spacial score (nSPS) is 9.92. The van der Waals surface area contributed by atoms with E-state index < -0.39 is 0 Å². The predicted octanol–water partition coefficient (Wildman–Crippen LogP) is 2.69.